The highest BCUT2D eigenvalue weighted by Crippen LogP contribution is 2.30. The van der Waals surface area contributed by atoms with Crippen LogP contribution in [0.25, 0.3) is 0 Å². The predicted molar refractivity (Wildman–Crippen MR) is 121 cm³/mol. The van der Waals surface area contributed by atoms with Crippen LogP contribution in [0.15, 0.2) is 30.3 Å². The van der Waals surface area contributed by atoms with E-state index in [-0.39, 0.29) is 29.4 Å². The Morgan fingerprint density at radius 3 is 2.18 bits per heavy atom. The molecule has 1 fully saturated rings. The molecule has 0 saturated heterocycles. The molecule has 182 valence electrons. The van der Waals surface area contributed by atoms with E-state index in [1.807, 2.05) is 0 Å². The number of carboxylic acids is 1. The maximum absolute atomic E-state index is 14.5. The Kier molecular flexibility index (Phi) is 8.68. The van der Waals surface area contributed by atoms with Gasteiger partial charge in [-0.25, -0.2) is 4.39 Å². The van der Waals surface area contributed by atoms with E-state index in [0.717, 1.165) is 6.07 Å². The lowest BCUT2D eigenvalue weighted by Gasteiger charge is -2.27. The molecule has 7 nitrogen and oxygen atoms in total. The highest BCUT2D eigenvalue weighted by molar-refractivity contribution is 6.42. The topological polar surface area (TPSA) is 105 Å². The van der Waals surface area contributed by atoms with E-state index in [4.69, 9.17) is 33.0 Å². The zero-order valence-corrected chi connectivity index (χ0v) is 19.4. The summed E-state index contributed by atoms with van der Waals surface area (Å²) in [5, 5.41) is 14.5. The van der Waals surface area contributed by atoms with Gasteiger partial charge in [-0.05, 0) is 56.0 Å². The van der Waals surface area contributed by atoms with Gasteiger partial charge in [0.15, 0.2) is 11.6 Å². The second-order valence-corrected chi connectivity index (χ2v) is 8.62. The van der Waals surface area contributed by atoms with Crippen molar-refractivity contribution in [3.8, 4) is 5.75 Å². The number of ether oxygens (including phenoxy) is 1. The molecule has 1 saturated carbocycles. The molecular weight excluding hydrogens is 493 g/mol. The molecule has 3 N–H and O–H groups in total. The molecule has 0 aliphatic heterocycles. The third kappa shape index (κ3) is 6.36. The average Bonchev–Trinajstić information content (AvgIpc) is 2.81. The maximum atomic E-state index is 14.5. The third-order valence-electron chi connectivity index (χ3n) is 5.49. The van der Waals surface area contributed by atoms with E-state index in [0.29, 0.717) is 30.7 Å². The summed E-state index contributed by atoms with van der Waals surface area (Å²) in [6.07, 6.45) is 1.18. The minimum atomic E-state index is -1.35. The summed E-state index contributed by atoms with van der Waals surface area (Å²) in [4.78, 5) is 35.4. The lowest BCUT2D eigenvalue weighted by molar-refractivity contribution is -0.143. The van der Waals surface area contributed by atoms with Crippen molar-refractivity contribution < 1.29 is 33.0 Å². The van der Waals surface area contributed by atoms with Gasteiger partial charge >= 0.3 is 5.97 Å². The fourth-order valence-corrected chi connectivity index (χ4v) is 3.89. The molecule has 1 aliphatic carbocycles. The quantitative estimate of drug-likeness (QED) is 0.451. The van der Waals surface area contributed by atoms with Crippen LogP contribution in [0.2, 0.25) is 10.0 Å². The molecule has 0 radical (unpaired) electrons. The number of carbonyl (C=O) groups excluding carboxylic acids is 2. The van der Waals surface area contributed by atoms with E-state index >= 15 is 0 Å². The summed E-state index contributed by atoms with van der Waals surface area (Å²) in [6, 6.07) is 6.65. The zero-order chi connectivity index (χ0) is 24.8. The zero-order valence-electron chi connectivity index (χ0n) is 17.9. The smallest absolute Gasteiger partial charge is 0.306 e. The second kappa shape index (κ2) is 11.5. The van der Waals surface area contributed by atoms with Gasteiger partial charge in [-0.1, -0.05) is 23.2 Å². The van der Waals surface area contributed by atoms with Crippen LogP contribution in [0.4, 0.5) is 8.78 Å². The van der Waals surface area contributed by atoms with Crippen LogP contribution in [0.3, 0.4) is 0 Å². The Balaban J connectivity index is 1.50. The molecule has 3 rings (SSSR count). The summed E-state index contributed by atoms with van der Waals surface area (Å²) in [7, 11) is 0. The molecule has 2 amide bonds. The molecule has 0 bridgehead atoms. The summed E-state index contributed by atoms with van der Waals surface area (Å²) >= 11 is 11.7. The first-order valence-electron chi connectivity index (χ1n) is 10.6. The number of amides is 2. The van der Waals surface area contributed by atoms with Gasteiger partial charge in [-0.3, -0.25) is 14.4 Å². The highest BCUT2D eigenvalue weighted by atomic mass is 35.5. The van der Waals surface area contributed by atoms with E-state index in [1.165, 1.54) is 24.3 Å². The van der Waals surface area contributed by atoms with Gasteiger partial charge in [-0.2, -0.15) is 4.39 Å². The first kappa shape index (κ1) is 25.7. The normalized spacial score (nSPS) is 17.6. The van der Waals surface area contributed by atoms with Crippen molar-refractivity contribution in [2.24, 2.45) is 5.92 Å². The monoisotopic (exact) mass is 514 g/mol. The molecule has 11 heteroatoms. The Morgan fingerprint density at radius 2 is 1.56 bits per heavy atom. The summed E-state index contributed by atoms with van der Waals surface area (Å²) < 4.78 is 34.5. The molecule has 0 aromatic heterocycles. The van der Waals surface area contributed by atoms with Crippen molar-refractivity contribution in [1.29, 1.82) is 0 Å². The molecule has 0 heterocycles. The number of carboxylic acid groups (broad SMARTS) is 1. The van der Waals surface area contributed by atoms with Crippen molar-refractivity contribution in [3.63, 3.8) is 0 Å². The molecule has 0 spiro atoms. The number of carbonyl (C=O) groups is 3. The summed E-state index contributed by atoms with van der Waals surface area (Å²) in [5.74, 6) is -5.60. The number of halogens is 4. The van der Waals surface area contributed by atoms with Gasteiger partial charge < -0.3 is 20.5 Å². The average molecular weight is 515 g/mol. The minimum absolute atomic E-state index is 0.0297. The number of hydrogen-bond donors (Lipinski definition) is 3. The number of nitrogens with one attached hydrogen (secondary N) is 2. The molecule has 0 atom stereocenters. The van der Waals surface area contributed by atoms with Crippen LogP contribution in [0.1, 0.15) is 46.4 Å². The van der Waals surface area contributed by atoms with Crippen molar-refractivity contribution in [2.75, 3.05) is 13.1 Å². The van der Waals surface area contributed by atoms with E-state index in [2.05, 4.69) is 10.6 Å². The number of hydrogen-bond acceptors (Lipinski definition) is 4. The lowest BCUT2D eigenvalue weighted by atomic mass is 9.87. The molecular formula is C23H22Cl2F2N2O5. The molecule has 2 aromatic carbocycles. The van der Waals surface area contributed by atoms with Crippen molar-refractivity contribution in [2.45, 2.75) is 31.8 Å². The van der Waals surface area contributed by atoms with Crippen molar-refractivity contribution in [3.05, 3.63) is 63.1 Å². The third-order valence-corrected chi connectivity index (χ3v) is 6.23. The molecule has 34 heavy (non-hydrogen) atoms. The van der Waals surface area contributed by atoms with Gasteiger partial charge in [0.05, 0.1) is 27.6 Å². The van der Waals surface area contributed by atoms with Crippen LogP contribution in [0, 0.1) is 17.6 Å². The highest BCUT2D eigenvalue weighted by Gasteiger charge is 2.28. The largest absolute Gasteiger partial charge is 0.487 e. The van der Waals surface area contributed by atoms with Crippen LogP contribution in [-0.2, 0) is 4.79 Å². The second-order valence-electron chi connectivity index (χ2n) is 7.81. The Bertz CT molecular complexity index is 1090. The number of benzene rings is 2. The Morgan fingerprint density at radius 1 is 0.912 bits per heavy atom. The predicted octanol–water partition coefficient (Wildman–Crippen LogP) is 4.45. The van der Waals surface area contributed by atoms with E-state index in [1.54, 1.807) is 0 Å². The fraction of sp³-hybridized carbons (Fsp3) is 0.348. The molecule has 1 aliphatic rings. The van der Waals surface area contributed by atoms with Crippen LogP contribution in [0.5, 0.6) is 5.75 Å². The van der Waals surface area contributed by atoms with E-state index < -0.39 is 47.0 Å². The molecule has 0 unspecified atom stereocenters. The number of rotatable bonds is 8. The first-order valence-corrected chi connectivity index (χ1v) is 11.3. The minimum Gasteiger partial charge on any atom is -0.487 e. The SMILES string of the molecule is O=C(NCCNC(=O)c1ccc(O[C@H]2CC[C@@H](C(=O)O)CC2)c(F)c1F)c1ccc(Cl)c(Cl)c1. The van der Waals surface area contributed by atoms with Crippen LogP contribution in [-0.4, -0.2) is 42.1 Å². The molecule has 2 aromatic rings. The standard InChI is InChI=1S/C23H22Cl2F2N2O5/c24-16-7-3-13(11-17(16)25)21(30)28-9-10-29-22(31)15-6-8-18(20(27)19(15)26)34-14-4-1-12(2-5-14)23(32)33/h3,6-8,11-12,14H,1-2,4-5,9-10H2,(H,28,30)(H,29,31)(H,32,33)/t12-,14+. The van der Waals surface area contributed by atoms with Gasteiger partial charge in [0.1, 0.15) is 0 Å². The Hall–Kier alpha value is -2.91. The fourth-order valence-electron chi connectivity index (χ4n) is 3.59. The van der Waals surface area contributed by atoms with Crippen LogP contribution < -0.4 is 15.4 Å². The van der Waals surface area contributed by atoms with Gasteiger partial charge in [0.25, 0.3) is 11.8 Å². The van der Waals surface area contributed by atoms with Crippen LogP contribution >= 0.6 is 23.2 Å². The lowest BCUT2D eigenvalue weighted by Crippen LogP contribution is -2.35. The van der Waals surface area contributed by atoms with E-state index in [9.17, 15) is 23.2 Å². The van der Waals surface area contributed by atoms with Gasteiger partial charge in [-0.15, -0.1) is 0 Å². The summed E-state index contributed by atoms with van der Waals surface area (Å²) in [6.45, 7) is 0.00710. The number of aliphatic carboxylic acids is 1. The Labute approximate surface area is 204 Å². The van der Waals surface area contributed by atoms with Gasteiger partial charge in [0.2, 0.25) is 5.82 Å². The van der Waals surface area contributed by atoms with Crippen molar-refractivity contribution >= 4 is 41.0 Å². The van der Waals surface area contributed by atoms with Gasteiger partial charge in [0, 0.05) is 18.7 Å². The summed E-state index contributed by atoms with van der Waals surface area (Å²) in [5.41, 5.74) is -0.226. The maximum Gasteiger partial charge on any atom is 0.306 e. The first-order chi connectivity index (χ1) is 16.2. The van der Waals surface area contributed by atoms with Crippen molar-refractivity contribution in [1.82, 2.24) is 10.6 Å².